The lowest BCUT2D eigenvalue weighted by atomic mass is 10.3. The molecule has 0 bridgehead atoms. The second-order valence-corrected chi connectivity index (χ2v) is 4.85. The van der Waals surface area contributed by atoms with Gasteiger partial charge in [0.15, 0.2) is 11.5 Å². The molecule has 3 heterocycles. The highest BCUT2D eigenvalue weighted by Gasteiger charge is 2.15. The average molecular weight is 285 g/mol. The molecule has 2 N–H and O–H groups in total. The molecule has 0 aliphatic heterocycles. The van der Waals surface area contributed by atoms with Crippen molar-refractivity contribution in [2.45, 2.75) is 19.9 Å². The van der Waals surface area contributed by atoms with Gasteiger partial charge in [0.1, 0.15) is 11.5 Å². The number of rotatable bonds is 4. The van der Waals surface area contributed by atoms with E-state index in [2.05, 4.69) is 20.6 Å². The van der Waals surface area contributed by atoms with Crippen LogP contribution in [0.4, 0.5) is 5.82 Å². The van der Waals surface area contributed by atoms with Crippen LogP contribution in [0.15, 0.2) is 41.1 Å². The fourth-order valence-corrected chi connectivity index (χ4v) is 2.00. The van der Waals surface area contributed by atoms with Crippen LogP contribution in [0.2, 0.25) is 0 Å². The van der Waals surface area contributed by atoms with Crippen LogP contribution in [0.3, 0.4) is 0 Å². The lowest BCUT2D eigenvalue weighted by Crippen LogP contribution is -2.17. The fraction of sp³-hybridized carbons (Fsp3) is 0.214. The van der Waals surface area contributed by atoms with Crippen molar-refractivity contribution in [3.8, 4) is 11.5 Å². The summed E-state index contributed by atoms with van der Waals surface area (Å²) in [6.07, 6.45) is 3.21. The molecular formula is C14H15N5O2. The molecule has 0 radical (unpaired) electrons. The number of nitrogens with one attached hydrogen (secondary N) is 2. The third-order valence-corrected chi connectivity index (χ3v) is 3.00. The molecule has 0 aliphatic rings. The Kier molecular flexibility index (Phi) is 3.31. The van der Waals surface area contributed by atoms with Crippen molar-refractivity contribution in [2.75, 3.05) is 5.32 Å². The Morgan fingerprint density at radius 1 is 1.43 bits per heavy atom. The van der Waals surface area contributed by atoms with Gasteiger partial charge < -0.3 is 9.73 Å². The van der Waals surface area contributed by atoms with E-state index in [-0.39, 0.29) is 17.6 Å². The van der Waals surface area contributed by atoms with Gasteiger partial charge in [0.05, 0.1) is 12.5 Å². The number of aromatic nitrogens is 4. The number of amides is 1. The van der Waals surface area contributed by atoms with E-state index in [0.29, 0.717) is 17.3 Å². The first-order valence-corrected chi connectivity index (χ1v) is 6.59. The number of aromatic amines is 1. The van der Waals surface area contributed by atoms with Gasteiger partial charge in [0.2, 0.25) is 0 Å². The van der Waals surface area contributed by atoms with E-state index in [1.807, 2.05) is 13.8 Å². The number of furan rings is 1. The Morgan fingerprint density at radius 3 is 3.00 bits per heavy atom. The van der Waals surface area contributed by atoms with Crippen molar-refractivity contribution >= 4 is 11.7 Å². The molecule has 0 saturated carbocycles. The third kappa shape index (κ3) is 2.58. The Bertz CT molecular complexity index is 739. The Labute approximate surface area is 121 Å². The zero-order valence-corrected chi connectivity index (χ0v) is 11.7. The molecule has 21 heavy (non-hydrogen) atoms. The summed E-state index contributed by atoms with van der Waals surface area (Å²) in [6.45, 7) is 3.98. The zero-order chi connectivity index (χ0) is 14.8. The summed E-state index contributed by atoms with van der Waals surface area (Å²) in [4.78, 5) is 12.2. The van der Waals surface area contributed by atoms with E-state index < -0.39 is 0 Å². The minimum absolute atomic E-state index is 0.160. The van der Waals surface area contributed by atoms with Crippen LogP contribution in [0, 0.1) is 0 Å². The quantitative estimate of drug-likeness (QED) is 0.771. The van der Waals surface area contributed by atoms with Crippen molar-refractivity contribution in [2.24, 2.45) is 0 Å². The molecule has 3 aromatic rings. The van der Waals surface area contributed by atoms with Gasteiger partial charge in [-0.05, 0) is 26.0 Å². The number of anilines is 1. The maximum Gasteiger partial charge on any atom is 0.277 e. The van der Waals surface area contributed by atoms with Gasteiger partial charge >= 0.3 is 0 Å². The largest absolute Gasteiger partial charge is 0.463 e. The molecule has 0 saturated heterocycles. The van der Waals surface area contributed by atoms with Gasteiger partial charge in [0, 0.05) is 18.2 Å². The summed E-state index contributed by atoms with van der Waals surface area (Å²) in [5, 5.41) is 13.7. The second-order valence-electron chi connectivity index (χ2n) is 4.85. The van der Waals surface area contributed by atoms with Gasteiger partial charge in [-0.25, -0.2) is 4.68 Å². The van der Waals surface area contributed by atoms with E-state index in [1.165, 1.54) is 0 Å². The van der Waals surface area contributed by atoms with Crippen LogP contribution in [-0.4, -0.2) is 25.9 Å². The predicted molar refractivity (Wildman–Crippen MR) is 76.9 cm³/mol. The molecule has 0 aromatic carbocycles. The van der Waals surface area contributed by atoms with E-state index in [0.717, 1.165) is 0 Å². The van der Waals surface area contributed by atoms with Crippen molar-refractivity contribution in [1.29, 1.82) is 0 Å². The summed E-state index contributed by atoms with van der Waals surface area (Å²) in [7, 11) is 0. The zero-order valence-electron chi connectivity index (χ0n) is 11.7. The van der Waals surface area contributed by atoms with Crippen molar-refractivity contribution < 1.29 is 9.21 Å². The lowest BCUT2D eigenvalue weighted by molar-refractivity contribution is 0.102. The lowest BCUT2D eigenvalue weighted by Gasteiger charge is -2.10. The van der Waals surface area contributed by atoms with Crippen LogP contribution in [0.1, 0.15) is 30.4 Å². The minimum Gasteiger partial charge on any atom is -0.463 e. The first-order chi connectivity index (χ1) is 10.1. The minimum atomic E-state index is -0.300. The van der Waals surface area contributed by atoms with Crippen LogP contribution in [-0.2, 0) is 0 Å². The molecule has 7 nitrogen and oxygen atoms in total. The van der Waals surface area contributed by atoms with Gasteiger partial charge in [0.25, 0.3) is 5.91 Å². The Hall–Kier alpha value is -2.83. The first kappa shape index (κ1) is 13.2. The fourth-order valence-electron chi connectivity index (χ4n) is 2.00. The number of carbonyl (C=O) groups is 1. The predicted octanol–water partition coefficient (Wildman–Crippen LogP) is 2.70. The smallest absolute Gasteiger partial charge is 0.277 e. The van der Waals surface area contributed by atoms with E-state index in [1.54, 1.807) is 41.4 Å². The highest BCUT2D eigenvalue weighted by molar-refractivity contribution is 6.02. The van der Waals surface area contributed by atoms with E-state index in [4.69, 9.17) is 4.42 Å². The first-order valence-electron chi connectivity index (χ1n) is 6.59. The molecule has 108 valence electrons. The molecule has 3 rings (SSSR count). The van der Waals surface area contributed by atoms with Crippen LogP contribution < -0.4 is 5.32 Å². The average Bonchev–Trinajstić information content (AvgIpc) is 3.19. The van der Waals surface area contributed by atoms with Gasteiger partial charge in [-0.1, -0.05) is 0 Å². The topological polar surface area (TPSA) is 88.7 Å². The molecule has 1 amide bonds. The maximum atomic E-state index is 12.2. The van der Waals surface area contributed by atoms with Gasteiger partial charge in [-0.2, -0.15) is 10.2 Å². The molecule has 0 fully saturated rings. The highest BCUT2D eigenvalue weighted by atomic mass is 16.3. The number of H-pyrrole nitrogens is 1. The summed E-state index contributed by atoms with van der Waals surface area (Å²) in [5.74, 6) is 0.970. The SMILES string of the molecule is CC(C)n1nccc1NC(=O)c1cc(-c2ccco2)[nH]n1. The van der Waals surface area contributed by atoms with Crippen molar-refractivity contribution in [3.05, 3.63) is 42.4 Å². The summed E-state index contributed by atoms with van der Waals surface area (Å²) >= 11 is 0. The number of hydrogen-bond acceptors (Lipinski definition) is 4. The molecule has 0 atom stereocenters. The molecule has 3 aromatic heterocycles. The van der Waals surface area contributed by atoms with Crippen molar-refractivity contribution in [3.63, 3.8) is 0 Å². The molecular weight excluding hydrogens is 270 g/mol. The van der Waals surface area contributed by atoms with Crippen LogP contribution in [0.25, 0.3) is 11.5 Å². The van der Waals surface area contributed by atoms with Crippen molar-refractivity contribution in [1.82, 2.24) is 20.0 Å². The van der Waals surface area contributed by atoms with Crippen LogP contribution in [0.5, 0.6) is 0 Å². The van der Waals surface area contributed by atoms with Gasteiger partial charge in [-0.15, -0.1) is 0 Å². The molecule has 0 unspecified atom stereocenters. The standard InChI is InChI=1S/C14H15N5O2/c1-9(2)19-13(5-6-15-19)16-14(20)11-8-10(17-18-11)12-4-3-7-21-12/h3-9H,1-2H3,(H,16,20)(H,17,18). The summed E-state index contributed by atoms with van der Waals surface area (Å²) < 4.78 is 6.99. The molecule has 7 heteroatoms. The number of nitrogens with zero attached hydrogens (tertiary/aromatic N) is 3. The number of hydrogen-bond donors (Lipinski definition) is 2. The number of carbonyl (C=O) groups excluding carboxylic acids is 1. The maximum absolute atomic E-state index is 12.2. The van der Waals surface area contributed by atoms with E-state index >= 15 is 0 Å². The molecule has 0 aliphatic carbocycles. The normalized spacial score (nSPS) is 11.0. The Morgan fingerprint density at radius 2 is 2.29 bits per heavy atom. The highest BCUT2D eigenvalue weighted by Crippen LogP contribution is 2.19. The van der Waals surface area contributed by atoms with E-state index in [9.17, 15) is 4.79 Å². The second kappa shape index (κ2) is 5.28. The monoisotopic (exact) mass is 285 g/mol. The van der Waals surface area contributed by atoms with Gasteiger partial charge in [-0.3, -0.25) is 9.89 Å². The van der Waals surface area contributed by atoms with Crippen LogP contribution >= 0.6 is 0 Å². The summed E-state index contributed by atoms with van der Waals surface area (Å²) in [6, 6.07) is 7.12. The summed E-state index contributed by atoms with van der Waals surface area (Å²) in [5.41, 5.74) is 0.945. The third-order valence-electron chi connectivity index (χ3n) is 3.00. The molecule has 0 spiro atoms. The Balaban J connectivity index is 1.78.